The molecule has 2 heterocycles. The summed E-state index contributed by atoms with van der Waals surface area (Å²) in [4.78, 5) is 17.5. The fraction of sp³-hybridized carbons (Fsp3) is 0.261. The van der Waals surface area contributed by atoms with E-state index in [1.807, 2.05) is 6.07 Å². The number of hydrogen-bond acceptors (Lipinski definition) is 4. The van der Waals surface area contributed by atoms with Crippen LogP contribution in [-0.4, -0.2) is 42.5 Å². The Kier molecular flexibility index (Phi) is 5.91. The summed E-state index contributed by atoms with van der Waals surface area (Å²) in [6, 6.07) is 15.5. The Bertz CT molecular complexity index is 1020. The maximum atomic E-state index is 12.7. The van der Waals surface area contributed by atoms with Gasteiger partial charge in [-0.3, -0.25) is 14.6 Å². The molecule has 0 unspecified atom stereocenters. The second kappa shape index (κ2) is 8.74. The number of nitrogens with zero attached hydrogens (tertiary/aromatic N) is 2. The summed E-state index contributed by atoms with van der Waals surface area (Å²) in [5.74, 6) is 0. The van der Waals surface area contributed by atoms with Gasteiger partial charge in [-0.15, -0.1) is 0 Å². The zero-order valence-corrected chi connectivity index (χ0v) is 16.4. The molecule has 0 saturated carbocycles. The number of rotatable bonds is 5. The highest BCUT2D eigenvalue weighted by atomic mass is 35.5. The minimum atomic E-state index is 0.0111. The third-order valence-electron chi connectivity index (χ3n) is 5.14. The molecule has 0 bridgehead atoms. The summed E-state index contributed by atoms with van der Waals surface area (Å²) in [5.41, 5.74) is 2.50. The van der Waals surface area contributed by atoms with Crippen LogP contribution in [-0.2, 0) is 6.54 Å². The first-order chi connectivity index (χ1) is 13.7. The van der Waals surface area contributed by atoms with Crippen LogP contribution in [0.25, 0.3) is 17.0 Å². The lowest BCUT2D eigenvalue weighted by molar-refractivity contribution is 0.136. The minimum absolute atomic E-state index is 0.0111. The summed E-state index contributed by atoms with van der Waals surface area (Å²) >= 11 is 6.03. The third-order valence-corrected chi connectivity index (χ3v) is 5.37. The number of piperazine rings is 1. The highest BCUT2D eigenvalue weighted by Crippen LogP contribution is 2.18. The Labute approximate surface area is 169 Å². The van der Waals surface area contributed by atoms with Gasteiger partial charge in [0.15, 0.2) is 5.43 Å². The average molecular weight is 395 g/mol. The molecule has 1 aliphatic heterocycles. The Balaban J connectivity index is 1.33. The molecule has 0 N–H and O–H groups in total. The lowest BCUT2D eigenvalue weighted by Gasteiger charge is -2.33. The first-order valence-corrected chi connectivity index (χ1v) is 9.93. The topological polar surface area (TPSA) is 36.7 Å². The fourth-order valence-corrected chi connectivity index (χ4v) is 3.70. The van der Waals surface area contributed by atoms with Crippen LogP contribution < -0.4 is 5.43 Å². The van der Waals surface area contributed by atoms with E-state index in [1.165, 1.54) is 5.56 Å². The van der Waals surface area contributed by atoms with Crippen LogP contribution >= 0.6 is 11.6 Å². The van der Waals surface area contributed by atoms with Crippen molar-refractivity contribution < 1.29 is 4.42 Å². The van der Waals surface area contributed by atoms with E-state index in [4.69, 9.17) is 16.0 Å². The smallest absolute Gasteiger partial charge is 0.197 e. The van der Waals surface area contributed by atoms with Crippen molar-refractivity contribution in [2.75, 3.05) is 32.7 Å². The number of halogens is 1. The molecule has 2 aromatic carbocycles. The summed E-state index contributed by atoms with van der Waals surface area (Å²) in [6.07, 6.45) is 5.97. The highest BCUT2D eigenvalue weighted by molar-refractivity contribution is 6.31. The molecular weight excluding hydrogens is 372 g/mol. The van der Waals surface area contributed by atoms with E-state index in [9.17, 15) is 4.79 Å². The van der Waals surface area contributed by atoms with Gasteiger partial charge in [0.1, 0.15) is 5.58 Å². The number of hydrogen-bond donors (Lipinski definition) is 0. The molecule has 0 radical (unpaired) electrons. The standard InChI is InChI=1S/C23H23ClN2O2/c24-20-8-9-22-21(15-20)23(27)19(17-28-22)16-26-13-11-25(12-14-26)10-4-7-18-5-2-1-3-6-18/h1-9,15,17H,10-14,16H2/b7-4+. The molecule has 3 aromatic rings. The normalized spacial score (nSPS) is 16.2. The van der Waals surface area contributed by atoms with Gasteiger partial charge in [-0.2, -0.15) is 0 Å². The quantitative estimate of drug-likeness (QED) is 0.647. The molecule has 144 valence electrons. The summed E-state index contributed by atoms with van der Waals surface area (Å²) in [5, 5.41) is 1.10. The molecule has 0 amide bonds. The first kappa shape index (κ1) is 18.9. The van der Waals surface area contributed by atoms with E-state index in [0.717, 1.165) is 32.7 Å². The van der Waals surface area contributed by atoms with Crippen molar-refractivity contribution in [1.82, 2.24) is 9.80 Å². The maximum Gasteiger partial charge on any atom is 0.197 e. The van der Waals surface area contributed by atoms with E-state index in [-0.39, 0.29) is 5.43 Å². The molecule has 1 saturated heterocycles. The van der Waals surface area contributed by atoms with Crippen LogP contribution in [0.4, 0.5) is 0 Å². The monoisotopic (exact) mass is 394 g/mol. The highest BCUT2D eigenvalue weighted by Gasteiger charge is 2.18. The minimum Gasteiger partial charge on any atom is -0.464 e. The van der Waals surface area contributed by atoms with E-state index >= 15 is 0 Å². The number of fused-ring (bicyclic) bond motifs is 1. The van der Waals surface area contributed by atoms with Crippen LogP contribution in [0.15, 0.2) is 70.1 Å². The largest absolute Gasteiger partial charge is 0.464 e. The fourth-order valence-electron chi connectivity index (χ4n) is 3.53. The van der Waals surface area contributed by atoms with E-state index in [2.05, 4.69) is 46.2 Å². The van der Waals surface area contributed by atoms with Gasteiger partial charge in [0.05, 0.1) is 11.6 Å². The van der Waals surface area contributed by atoms with Crippen molar-refractivity contribution in [2.45, 2.75) is 6.54 Å². The molecular formula is C23H23ClN2O2. The lowest BCUT2D eigenvalue weighted by atomic mass is 10.1. The maximum absolute atomic E-state index is 12.7. The van der Waals surface area contributed by atoms with Crippen LogP contribution in [0.2, 0.25) is 5.02 Å². The van der Waals surface area contributed by atoms with E-state index < -0.39 is 0 Å². The van der Waals surface area contributed by atoms with Crippen molar-refractivity contribution in [3.63, 3.8) is 0 Å². The lowest BCUT2D eigenvalue weighted by Crippen LogP contribution is -2.46. The van der Waals surface area contributed by atoms with Crippen molar-refractivity contribution in [1.29, 1.82) is 0 Å². The molecule has 0 atom stereocenters. The third kappa shape index (κ3) is 4.53. The second-order valence-corrected chi connectivity index (χ2v) is 7.56. The molecule has 28 heavy (non-hydrogen) atoms. The van der Waals surface area contributed by atoms with Gasteiger partial charge in [-0.1, -0.05) is 54.1 Å². The average Bonchev–Trinajstić information content (AvgIpc) is 2.72. The molecule has 5 heteroatoms. The Morgan fingerprint density at radius 2 is 1.75 bits per heavy atom. The first-order valence-electron chi connectivity index (χ1n) is 9.55. The van der Waals surface area contributed by atoms with Gasteiger partial charge in [0.2, 0.25) is 0 Å². The molecule has 0 spiro atoms. The molecule has 4 rings (SSSR count). The van der Waals surface area contributed by atoms with Gasteiger partial charge in [0.25, 0.3) is 0 Å². The van der Waals surface area contributed by atoms with Crippen LogP contribution in [0.1, 0.15) is 11.1 Å². The molecule has 1 fully saturated rings. The molecule has 1 aromatic heterocycles. The second-order valence-electron chi connectivity index (χ2n) is 7.12. The van der Waals surface area contributed by atoms with Crippen molar-refractivity contribution in [3.8, 4) is 0 Å². The van der Waals surface area contributed by atoms with Crippen molar-refractivity contribution >= 4 is 28.6 Å². The summed E-state index contributed by atoms with van der Waals surface area (Å²) in [6.45, 7) is 5.41. The van der Waals surface area contributed by atoms with E-state index in [1.54, 1.807) is 24.5 Å². The van der Waals surface area contributed by atoms with Crippen molar-refractivity contribution in [3.05, 3.63) is 87.2 Å². The Hall–Kier alpha value is -2.40. The van der Waals surface area contributed by atoms with Crippen LogP contribution in [0, 0.1) is 0 Å². The van der Waals surface area contributed by atoms with Gasteiger partial charge >= 0.3 is 0 Å². The van der Waals surface area contributed by atoms with Gasteiger partial charge in [0, 0.05) is 49.9 Å². The van der Waals surface area contributed by atoms with Gasteiger partial charge < -0.3 is 4.42 Å². The summed E-state index contributed by atoms with van der Waals surface area (Å²) in [7, 11) is 0. The van der Waals surface area contributed by atoms with Crippen molar-refractivity contribution in [2.24, 2.45) is 0 Å². The molecule has 4 nitrogen and oxygen atoms in total. The summed E-state index contributed by atoms with van der Waals surface area (Å²) < 4.78 is 5.63. The van der Waals surface area contributed by atoms with Gasteiger partial charge in [-0.25, -0.2) is 0 Å². The van der Waals surface area contributed by atoms with Crippen LogP contribution in [0.3, 0.4) is 0 Å². The number of benzene rings is 2. The zero-order valence-electron chi connectivity index (χ0n) is 15.7. The molecule has 1 aliphatic rings. The predicted molar refractivity (Wildman–Crippen MR) is 115 cm³/mol. The SMILES string of the molecule is O=c1c(CN2CCN(C/C=C/c3ccccc3)CC2)coc2ccc(Cl)cc12. The zero-order chi connectivity index (χ0) is 19.3. The van der Waals surface area contributed by atoms with Gasteiger partial charge in [-0.05, 0) is 23.8 Å². The molecule has 0 aliphatic carbocycles. The van der Waals surface area contributed by atoms with Crippen LogP contribution in [0.5, 0.6) is 0 Å². The van der Waals surface area contributed by atoms with E-state index in [0.29, 0.717) is 28.1 Å². The Morgan fingerprint density at radius 3 is 2.54 bits per heavy atom. The Morgan fingerprint density at radius 1 is 1.00 bits per heavy atom. The predicted octanol–water partition coefficient (Wildman–Crippen LogP) is 4.28.